The van der Waals surface area contributed by atoms with E-state index in [9.17, 15) is 9.18 Å². The highest BCUT2D eigenvalue weighted by molar-refractivity contribution is 5.91. The lowest BCUT2D eigenvalue weighted by Crippen LogP contribution is -2.54. The molecule has 1 nitrogen and oxygen atoms in total. The highest BCUT2D eigenvalue weighted by atomic mass is 19.1. The van der Waals surface area contributed by atoms with Crippen LogP contribution in [0.2, 0.25) is 0 Å². The summed E-state index contributed by atoms with van der Waals surface area (Å²) in [5.74, 6) is 2.27. The zero-order valence-corrected chi connectivity index (χ0v) is 14.0. The smallest absolute Gasteiger partial charge is 0.155 e. The van der Waals surface area contributed by atoms with Crippen molar-refractivity contribution in [1.82, 2.24) is 0 Å². The van der Waals surface area contributed by atoms with Gasteiger partial charge in [0.1, 0.15) is 6.17 Å². The van der Waals surface area contributed by atoms with Gasteiger partial charge >= 0.3 is 0 Å². The molecule has 122 valence electrons. The molecule has 0 bridgehead atoms. The Balaban J connectivity index is 1.68. The standard InChI is InChI=1S/C20H29FO/c1-19-10-8-14(22)12-13(19)6-7-15-16-4-3-5-18(21)20(16,2)11-9-17(15)19/h12,15-18H,3-11H2,1-2H3. The first-order valence-corrected chi connectivity index (χ1v) is 9.33. The molecule has 0 saturated heterocycles. The molecule has 0 radical (unpaired) electrons. The summed E-state index contributed by atoms with van der Waals surface area (Å²) >= 11 is 0. The fraction of sp³-hybridized carbons (Fsp3) is 0.850. The van der Waals surface area contributed by atoms with Gasteiger partial charge in [-0.15, -0.1) is 0 Å². The van der Waals surface area contributed by atoms with Crippen LogP contribution in [0.1, 0.15) is 71.6 Å². The Bertz CT molecular complexity index is 524. The fourth-order valence-electron chi connectivity index (χ4n) is 6.69. The third-order valence-electron chi connectivity index (χ3n) is 8.09. The van der Waals surface area contributed by atoms with Crippen molar-refractivity contribution < 1.29 is 9.18 Å². The molecule has 0 aromatic carbocycles. The molecule has 4 aliphatic carbocycles. The van der Waals surface area contributed by atoms with E-state index in [1.807, 2.05) is 6.08 Å². The Morgan fingerprint density at radius 3 is 2.68 bits per heavy atom. The van der Waals surface area contributed by atoms with E-state index in [1.54, 1.807) is 0 Å². The Morgan fingerprint density at radius 1 is 1.05 bits per heavy atom. The molecule has 0 N–H and O–H groups in total. The van der Waals surface area contributed by atoms with E-state index in [1.165, 1.54) is 24.8 Å². The van der Waals surface area contributed by atoms with Crippen LogP contribution in [-0.2, 0) is 4.79 Å². The Labute approximate surface area is 133 Å². The first kappa shape index (κ1) is 14.9. The SMILES string of the molecule is CC12CCC(=O)C=C1CCC1C2CCC2(C)C(F)CCCC12. The molecule has 3 saturated carbocycles. The predicted octanol–water partition coefficient (Wildman–Crippen LogP) is 5.25. The van der Waals surface area contributed by atoms with E-state index in [0.717, 1.165) is 38.5 Å². The Morgan fingerprint density at radius 2 is 1.86 bits per heavy atom. The van der Waals surface area contributed by atoms with Crippen molar-refractivity contribution in [2.24, 2.45) is 28.6 Å². The zero-order valence-electron chi connectivity index (χ0n) is 14.0. The summed E-state index contributed by atoms with van der Waals surface area (Å²) in [4.78, 5) is 11.8. The topological polar surface area (TPSA) is 17.1 Å². The largest absolute Gasteiger partial charge is 0.295 e. The summed E-state index contributed by atoms with van der Waals surface area (Å²) < 4.78 is 14.7. The van der Waals surface area contributed by atoms with E-state index >= 15 is 0 Å². The summed E-state index contributed by atoms with van der Waals surface area (Å²) in [6.45, 7) is 4.64. The summed E-state index contributed by atoms with van der Waals surface area (Å²) in [5.41, 5.74) is 1.57. The van der Waals surface area contributed by atoms with Crippen LogP contribution in [0.3, 0.4) is 0 Å². The molecule has 0 amide bonds. The second-order valence-electron chi connectivity index (χ2n) is 8.91. The maximum atomic E-state index is 14.7. The first-order valence-electron chi connectivity index (χ1n) is 9.33. The number of rotatable bonds is 0. The number of carbonyl (C=O) groups is 1. The lowest BCUT2D eigenvalue weighted by Gasteiger charge is -2.60. The van der Waals surface area contributed by atoms with Gasteiger partial charge in [-0.1, -0.05) is 25.8 Å². The number of allylic oxidation sites excluding steroid dienone is 2. The number of ketones is 1. The molecule has 6 unspecified atom stereocenters. The third kappa shape index (κ3) is 1.91. The van der Waals surface area contributed by atoms with Gasteiger partial charge in [0, 0.05) is 11.8 Å². The molecule has 3 fully saturated rings. The monoisotopic (exact) mass is 304 g/mol. The first-order chi connectivity index (χ1) is 10.4. The highest BCUT2D eigenvalue weighted by Crippen LogP contribution is 2.64. The third-order valence-corrected chi connectivity index (χ3v) is 8.09. The number of carbonyl (C=O) groups excluding carboxylic acids is 1. The molecule has 0 aromatic heterocycles. The van der Waals surface area contributed by atoms with Gasteiger partial charge in [-0.05, 0) is 74.2 Å². The molecular weight excluding hydrogens is 275 g/mol. The number of fused-ring (bicyclic) bond motifs is 5. The van der Waals surface area contributed by atoms with Gasteiger partial charge in [-0.3, -0.25) is 4.79 Å². The number of hydrogen-bond acceptors (Lipinski definition) is 1. The van der Waals surface area contributed by atoms with E-state index in [4.69, 9.17) is 0 Å². The molecule has 0 spiro atoms. The average molecular weight is 304 g/mol. The van der Waals surface area contributed by atoms with Crippen LogP contribution in [-0.4, -0.2) is 12.0 Å². The van der Waals surface area contributed by atoms with Crippen molar-refractivity contribution in [3.63, 3.8) is 0 Å². The van der Waals surface area contributed by atoms with Gasteiger partial charge in [0.25, 0.3) is 0 Å². The Kier molecular flexibility index (Phi) is 3.33. The van der Waals surface area contributed by atoms with Crippen molar-refractivity contribution in [3.05, 3.63) is 11.6 Å². The lowest BCUT2D eigenvalue weighted by atomic mass is 9.44. The normalized spacial score (nSPS) is 51.4. The minimum absolute atomic E-state index is 0.0680. The molecule has 6 atom stereocenters. The molecule has 0 heterocycles. The molecule has 2 heteroatoms. The van der Waals surface area contributed by atoms with E-state index in [-0.39, 0.29) is 10.8 Å². The Hall–Kier alpha value is -0.660. The van der Waals surface area contributed by atoms with Gasteiger partial charge < -0.3 is 0 Å². The van der Waals surface area contributed by atoms with E-state index in [2.05, 4.69) is 13.8 Å². The van der Waals surface area contributed by atoms with Crippen LogP contribution >= 0.6 is 0 Å². The minimum Gasteiger partial charge on any atom is -0.295 e. The quantitative estimate of drug-likeness (QED) is 0.597. The van der Waals surface area contributed by atoms with Crippen LogP contribution in [0, 0.1) is 28.6 Å². The molecule has 4 rings (SSSR count). The molecule has 0 aromatic rings. The lowest BCUT2D eigenvalue weighted by molar-refractivity contribution is -0.121. The van der Waals surface area contributed by atoms with Gasteiger partial charge in [-0.2, -0.15) is 0 Å². The maximum Gasteiger partial charge on any atom is 0.155 e. The van der Waals surface area contributed by atoms with Crippen molar-refractivity contribution >= 4 is 5.78 Å². The van der Waals surface area contributed by atoms with E-state index < -0.39 is 6.17 Å². The maximum absolute atomic E-state index is 14.7. The minimum atomic E-state index is -0.593. The van der Waals surface area contributed by atoms with Gasteiger partial charge in [0.15, 0.2) is 5.78 Å². The van der Waals surface area contributed by atoms with Gasteiger partial charge in [0.2, 0.25) is 0 Å². The number of alkyl halides is 1. The van der Waals surface area contributed by atoms with Crippen LogP contribution in [0.25, 0.3) is 0 Å². The second-order valence-corrected chi connectivity index (χ2v) is 8.91. The van der Waals surface area contributed by atoms with Crippen LogP contribution in [0.5, 0.6) is 0 Å². The summed E-state index contributed by atoms with van der Waals surface area (Å²) in [6, 6.07) is 0. The molecule has 22 heavy (non-hydrogen) atoms. The molecular formula is C20H29FO. The predicted molar refractivity (Wildman–Crippen MR) is 86.2 cm³/mol. The summed E-state index contributed by atoms with van der Waals surface area (Å²) in [6.07, 6.45) is 10.7. The van der Waals surface area contributed by atoms with Crippen LogP contribution < -0.4 is 0 Å². The highest BCUT2D eigenvalue weighted by Gasteiger charge is 2.57. The zero-order chi connectivity index (χ0) is 15.5. The number of hydrogen-bond donors (Lipinski definition) is 0. The fourth-order valence-corrected chi connectivity index (χ4v) is 6.69. The van der Waals surface area contributed by atoms with Crippen molar-refractivity contribution in [1.29, 1.82) is 0 Å². The average Bonchev–Trinajstić information content (AvgIpc) is 2.49. The van der Waals surface area contributed by atoms with Crippen LogP contribution in [0.15, 0.2) is 11.6 Å². The van der Waals surface area contributed by atoms with Crippen molar-refractivity contribution in [3.8, 4) is 0 Å². The summed E-state index contributed by atoms with van der Waals surface area (Å²) in [5, 5.41) is 0. The van der Waals surface area contributed by atoms with Crippen molar-refractivity contribution in [2.75, 3.05) is 0 Å². The van der Waals surface area contributed by atoms with Crippen LogP contribution in [0.4, 0.5) is 4.39 Å². The van der Waals surface area contributed by atoms with Gasteiger partial charge in [0.05, 0.1) is 0 Å². The van der Waals surface area contributed by atoms with E-state index in [0.29, 0.717) is 23.5 Å². The second kappa shape index (κ2) is 4.92. The van der Waals surface area contributed by atoms with Crippen molar-refractivity contribution in [2.45, 2.75) is 77.8 Å². The molecule has 4 aliphatic rings. The number of halogens is 1. The summed E-state index contributed by atoms with van der Waals surface area (Å²) in [7, 11) is 0. The molecule has 0 aliphatic heterocycles. The van der Waals surface area contributed by atoms with Gasteiger partial charge in [-0.25, -0.2) is 4.39 Å².